The summed E-state index contributed by atoms with van der Waals surface area (Å²) in [5, 5.41) is 15.1. The Labute approximate surface area is 189 Å². The number of benzene rings is 2. The van der Waals surface area contributed by atoms with E-state index in [1.807, 2.05) is 12.1 Å². The van der Waals surface area contributed by atoms with Gasteiger partial charge < -0.3 is 5.32 Å². The van der Waals surface area contributed by atoms with Gasteiger partial charge >= 0.3 is 0 Å². The largest absolute Gasteiger partial charge is 0.378 e. The molecule has 1 N–H and O–H groups in total. The van der Waals surface area contributed by atoms with Crippen molar-refractivity contribution in [3.05, 3.63) is 81.4 Å². The molecule has 0 saturated heterocycles. The second-order valence-corrected chi connectivity index (χ2v) is 11.3. The summed E-state index contributed by atoms with van der Waals surface area (Å²) in [4.78, 5) is 11.0. The van der Waals surface area contributed by atoms with E-state index in [4.69, 9.17) is 0 Å². The van der Waals surface area contributed by atoms with E-state index in [1.165, 1.54) is 49.8 Å². The molecule has 2 aromatic carbocycles. The molecule has 8 rings (SSSR count). The van der Waals surface area contributed by atoms with Gasteiger partial charge in [-0.2, -0.15) is 0 Å². The van der Waals surface area contributed by atoms with E-state index in [9.17, 15) is 10.1 Å². The second kappa shape index (κ2) is 6.69. The molecule has 2 aromatic rings. The molecule has 164 valence electrons. The summed E-state index contributed by atoms with van der Waals surface area (Å²) in [7, 11) is 0. The fraction of sp³-hybridized carbons (Fsp3) is 0.500. The third kappa shape index (κ3) is 2.74. The maximum atomic E-state index is 11.3. The van der Waals surface area contributed by atoms with Crippen molar-refractivity contribution in [1.82, 2.24) is 0 Å². The molecule has 4 fully saturated rings. The van der Waals surface area contributed by atoms with Crippen molar-refractivity contribution in [2.75, 3.05) is 5.32 Å². The molecular weight excluding hydrogens is 396 g/mol. The van der Waals surface area contributed by atoms with Crippen LogP contribution < -0.4 is 5.32 Å². The molecule has 0 aromatic heterocycles. The lowest BCUT2D eigenvalue weighted by atomic mass is 9.48. The maximum absolute atomic E-state index is 11.3. The Morgan fingerprint density at radius 2 is 1.72 bits per heavy atom. The van der Waals surface area contributed by atoms with Crippen molar-refractivity contribution in [1.29, 1.82) is 0 Å². The van der Waals surface area contributed by atoms with Gasteiger partial charge in [-0.3, -0.25) is 10.1 Å². The predicted molar refractivity (Wildman–Crippen MR) is 126 cm³/mol. The Balaban J connectivity index is 1.26. The minimum absolute atomic E-state index is 0.104. The van der Waals surface area contributed by atoms with E-state index in [0.717, 1.165) is 29.7 Å². The van der Waals surface area contributed by atoms with Crippen LogP contribution >= 0.6 is 0 Å². The lowest BCUT2D eigenvalue weighted by Gasteiger charge is -2.57. The van der Waals surface area contributed by atoms with Crippen LogP contribution in [0.2, 0.25) is 0 Å². The SMILES string of the molecule is O=[N+]([O-])c1cccc([C@@H]2Nc3ccc(C45CC6CC(CC(C6)C4)C5)cc3[C@@H]3C=CC[C@@H]32)c1. The first-order valence-corrected chi connectivity index (χ1v) is 12.4. The van der Waals surface area contributed by atoms with Crippen LogP contribution in [-0.4, -0.2) is 4.92 Å². The van der Waals surface area contributed by atoms with Gasteiger partial charge in [-0.1, -0.05) is 36.4 Å². The average Bonchev–Trinajstić information content (AvgIpc) is 3.28. The molecule has 0 unspecified atom stereocenters. The molecule has 4 saturated carbocycles. The van der Waals surface area contributed by atoms with Gasteiger partial charge in [0.1, 0.15) is 0 Å². The predicted octanol–water partition coefficient (Wildman–Crippen LogP) is 6.89. The summed E-state index contributed by atoms with van der Waals surface area (Å²) in [6.07, 6.45) is 14.3. The van der Waals surface area contributed by atoms with E-state index in [2.05, 4.69) is 35.7 Å². The second-order valence-electron chi connectivity index (χ2n) is 11.3. The Morgan fingerprint density at radius 3 is 2.44 bits per heavy atom. The van der Waals surface area contributed by atoms with Crippen molar-refractivity contribution < 1.29 is 4.92 Å². The van der Waals surface area contributed by atoms with Crippen molar-refractivity contribution in [2.45, 2.75) is 62.3 Å². The van der Waals surface area contributed by atoms with E-state index in [0.29, 0.717) is 17.3 Å². The third-order valence-electron chi connectivity index (χ3n) is 9.45. The first kappa shape index (κ1) is 18.9. The van der Waals surface area contributed by atoms with Crippen LogP contribution in [0.25, 0.3) is 0 Å². The first-order chi connectivity index (χ1) is 15.6. The number of fused-ring (bicyclic) bond motifs is 3. The van der Waals surface area contributed by atoms with Crippen LogP contribution in [0.4, 0.5) is 11.4 Å². The topological polar surface area (TPSA) is 55.2 Å². The minimum atomic E-state index is -0.289. The third-order valence-corrected chi connectivity index (χ3v) is 9.45. The normalized spacial score (nSPS) is 38.2. The first-order valence-electron chi connectivity index (χ1n) is 12.4. The van der Waals surface area contributed by atoms with Gasteiger partial charge in [0.25, 0.3) is 5.69 Å². The van der Waals surface area contributed by atoms with Gasteiger partial charge in [-0.15, -0.1) is 0 Å². The summed E-state index contributed by atoms with van der Waals surface area (Å²) in [6.45, 7) is 0. The number of nitro groups is 1. The smallest absolute Gasteiger partial charge is 0.269 e. The molecule has 32 heavy (non-hydrogen) atoms. The van der Waals surface area contributed by atoms with E-state index in [-0.39, 0.29) is 16.7 Å². The Kier molecular flexibility index (Phi) is 3.95. The number of nitrogens with one attached hydrogen (secondary N) is 1. The Morgan fingerprint density at radius 1 is 0.969 bits per heavy atom. The number of rotatable bonds is 3. The van der Waals surface area contributed by atoms with Gasteiger partial charge in [0, 0.05) is 23.7 Å². The summed E-state index contributed by atoms with van der Waals surface area (Å²) in [5.41, 5.74) is 5.85. The Bertz CT molecular complexity index is 1100. The van der Waals surface area contributed by atoms with Gasteiger partial charge in [0.2, 0.25) is 0 Å². The van der Waals surface area contributed by atoms with Gasteiger partial charge in [0.15, 0.2) is 0 Å². The molecule has 1 aliphatic heterocycles. The van der Waals surface area contributed by atoms with Crippen LogP contribution in [0.15, 0.2) is 54.6 Å². The highest BCUT2D eigenvalue weighted by molar-refractivity contribution is 5.62. The highest BCUT2D eigenvalue weighted by Crippen LogP contribution is 2.61. The number of hydrogen-bond donors (Lipinski definition) is 1. The summed E-state index contributed by atoms with van der Waals surface area (Å²) < 4.78 is 0. The zero-order chi connectivity index (χ0) is 21.4. The summed E-state index contributed by atoms with van der Waals surface area (Å²) in [5.74, 6) is 3.66. The highest BCUT2D eigenvalue weighted by Gasteiger charge is 2.52. The van der Waals surface area contributed by atoms with E-state index in [1.54, 1.807) is 17.7 Å². The molecule has 1 heterocycles. The quantitative estimate of drug-likeness (QED) is 0.330. The monoisotopic (exact) mass is 426 g/mol. The van der Waals surface area contributed by atoms with Crippen LogP contribution in [-0.2, 0) is 5.41 Å². The molecule has 0 spiro atoms. The number of anilines is 1. The van der Waals surface area contributed by atoms with Crippen LogP contribution in [0.1, 0.15) is 73.6 Å². The lowest BCUT2D eigenvalue weighted by molar-refractivity contribution is -0.384. The number of nitro benzene ring substituents is 1. The van der Waals surface area contributed by atoms with Crippen LogP contribution in [0.5, 0.6) is 0 Å². The fourth-order valence-corrected chi connectivity index (χ4v) is 8.55. The van der Waals surface area contributed by atoms with Crippen LogP contribution in [0, 0.1) is 33.8 Å². The number of hydrogen-bond acceptors (Lipinski definition) is 3. The zero-order valence-corrected chi connectivity index (χ0v) is 18.4. The zero-order valence-electron chi connectivity index (χ0n) is 18.4. The minimum Gasteiger partial charge on any atom is -0.378 e. The lowest BCUT2D eigenvalue weighted by Crippen LogP contribution is -2.48. The van der Waals surface area contributed by atoms with Crippen molar-refractivity contribution >= 4 is 11.4 Å². The van der Waals surface area contributed by atoms with E-state index < -0.39 is 0 Å². The maximum Gasteiger partial charge on any atom is 0.269 e. The van der Waals surface area contributed by atoms with Gasteiger partial charge in [0.05, 0.1) is 11.0 Å². The van der Waals surface area contributed by atoms with Gasteiger partial charge in [-0.05, 0) is 96.8 Å². The molecule has 4 bridgehead atoms. The molecule has 6 aliphatic rings. The van der Waals surface area contributed by atoms with Crippen molar-refractivity contribution in [3.63, 3.8) is 0 Å². The molecular formula is C28H30N2O2. The van der Waals surface area contributed by atoms with E-state index >= 15 is 0 Å². The molecule has 3 atom stereocenters. The Hall–Kier alpha value is -2.62. The molecule has 0 radical (unpaired) electrons. The summed E-state index contributed by atoms with van der Waals surface area (Å²) in [6, 6.07) is 14.6. The standard InChI is InChI=1S/C28H30N2O2/c31-30(32)22-4-1-3-20(12-22)27-24-6-2-5-23(24)25-13-21(7-8-26(25)29-27)28-14-17-9-18(15-28)11-19(10-17)16-28/h1-5,7-8,12-13,17-19,23-24,27,29H,6,9-11,14-16H2/t17?,18?,19?,23-,24+,27+,28?/m1/s1. The van der Waals surface area contributed by atoms with Gasteiger partial charge in [-0.25, -0.2) is 0 Å². The highest BCUT2D eigenvalue weighted by atomic mass is 16.6. The van der Waals surface area contributed by atoms with Crippen molar-refractivity contribution in [2.24, 2.45) is 23.7 Å². The fourth-order valence-electron chi connectivity index (χ4n) is 8.55. The molecule has 4 heteroatoms. The number of non-ortho nitro benzene ring substituents is 1. The summed E-state index contributed by atoms with van der Waals surface area (Å²) >= 11 is 0. The molecule has 5 aliphatic carbocycles. The number of nitrogens with zero attached hydrogens (tertiary/aromatic N) is 1. The molecule has 0 amide bonds. The van der Waals surface area contributed by atoms with Crippen LogP contribution in [0.3, 0.4) is 0 Å². The number of allylic oxidation sites excluding steroid dienone is 2. The average molecular weight is 427 g/mol. The molecule has 4 nitrogen and oxygen atoms in total. The van der Waals surface area contributed by atoms with Crippen molar-refractivity contribution in [3.8, 4) is 0 Å².